The maximum Gasteiger partial charge on any atom is 0.192 e. The van der Waals surface area contributed by atoms with Gasteiger partial charge in [-0.1, -0.05) is 17.7 Å². The van der Waals surface area contributed by atoms with E-state index in [0.717, 1.165) is 16.0 Å². The zero-order valence-corrected chi connectivity index (χ0v) is 11.6. The number of nitrogens with two attached hydrogens (primary N) is 1. The number of nitrogens with zero attached hydrogens (tertiary/aromatic N) is 2. The predicted octanol–water partition coefficient (Wildman–Crippen LogP) is 2.94. The Morgan fingerprint density at radius 3 is 2.82 bits per heavy atom. The van der Waals surface area contributed by atoms with E-state index in [4.69, 9.17) is 17.3 Å². The van der Waals surface area contributed by atoms with Crippen LogP contribution in [-0.4, -0.2) is 23.4 Å². The molecular formula is C12H13BrClN3. The minimum Gasteiger partial charge on any atom is -0.370 e. The second kappa shape index (κ2) is 4.18. The third-order valence-corrected chi connectivity index (χ3v) is 4.51. The molecule has 1 saturated carbocycles. The van der Waals surface area contributed by atoms with E-state index < -0.39 is 0 Å². The van der Waals surface area contributed by atoms with E-state index in [9.17, 15) is 0 Å². The van der Waals surface area contributed by atoms with Gasteiger partial charge in [-0.25, -0.2) is 0 Å². The quantitative estimate of drug-likeness (QED) is 0.912. The van der Waals surface area contributed by atoms with E-state index in [-0.39, 0.29) is 6.04 Å². The highest BCUT2D eigenvalue weighted by Crippen LogP contribution is 2.38. The largest absolute Gasteiger partial charge is 0.370 e. The van der Waals surface area contributed by atoms with Crippen molar-refractivity contribution in [3.05, 3.63) is 33.3 Å². The van der Waals surface area contributed by atoms with Crippen LogP contribution in [0.4, 0.5) is 0 Å². The molecule has 1 aromatic carbocycles. The number of hydrogen-bond acceptors (Lipinski definition) is 3. The second-order valence-corrected chi connectivity index (χ2v) is 5.79. The highest BCUT2D eigenvalue weighted by Gasteiger charge is 2.38. The smallest absolute Gasteiger partial charge is 0.192 e. The first-order chi connectivity index (χ1) is 8.16. The molecule has 1 aliphatic carbocycles. The Kier molecular flexibility index (Phi) is 2.79. The Morgan fingerprint density at radius 2 is 2.18 bits per heavy atom. The van der Waals surface area contributed by atoms with E-state index in [2.05, 4.69) is 38.0 Å². The second-order valence-electron chi connectivity index (χ2n) is 4.53. The van der Waals surface area contributed by atoms with Gasteiger partial charge in [-0.2, -0.15) is 0 Å². The summed E-state index contributed by atoms with van der Waals surface area (Å²) in [6.07, 6.45) is 2.45. The lowest BCUT2D eigenvalue weighted by Gasteiger charge is -2.26. The van der Waals surface area contributed by atoms with E-state index in [0.29, 0.717) is 12.0 Å². The molecule has 2 aliphatic rings. The van der Waals surface area contributed by atoms with Crippen LogP contribution < -0.4 is 5.73 Å². The molecule has 1 unspecified atom stereocenters. The van der Waals surface area contributed by atoms with Crippen molar-refractivity contribution in [2.45, 2.75) is 24.9 Å². The minimum atomic E-state index is 0.274. The minimum absolute atomic E-state index is 0.274. The molecule has 0 aromatic heterocycles. The van der Waals surface area contributed by atoms with E-state index >= 15 is 0 Å². The molecule has 0 bridgehead atoms. The average Bonchev–Trinajstić information content (AvgIpc) is 3.06. The monoisotopic (exact) mass is 313 g/mol. The van der Waals surface area contributed by atoms with Crippen molar-refractivity contribution < 1.29 is 0 Å². The first kappa shape index (κ1) is 11.4. The van der Waals surface area contributed by atoms with Gasteiger partial charge in [0.1, 0.15) is 0 Å². The van der Waals surface area contributed by atoms with Crippen LogP contribution in [-0.2, 0) is 0 Å². The Morgan fingerprint density at radius 1 is 1.41 bits per heavy atom. The fourth-order valence-electron chi connectivity index (χ4n) is 2.29. The van der Waals surface area contributed by atoms with Gasteiger partial charge in [-0.15, -0.1) is 0 Å². The summed E-state index contributed by atoms with van der Waals surface area (Å²) in [6.45, 7) is 0.746. The topological polar surface area (TPSA) is 41.6 Å². The van der Waals surface area contributed by atoms with Crippen LogP contribution in [0.5, 0.6) is 0 Å². The number of benzene rings is 1. The molecule has 3 rings (SSSR count). The summed E-state index contributed by atoms with van der Waals surface area (Å²) in [7, 11) is 0. The zero-order chi connectivity index (χ0) is 12.0. The van der Waals surface area contributed by atoms with Gasteiger partial charge < -0.3 is 10.6 Å². The van der Waals surface area contributed by atoms with Crippen molar-refractivity contribution in [3.8, 4) is 0 Å². The van der Waals surface area contributed by atoms with E-state index in [1.807, 2.05) is 6.07 Å². The molecule has 3 nitrogen and oxygen atoms in total. The van der Waals surface area contributed by atoms with Crippen molar-refractivity contribution in [2.24, 2.45) is 10.7 Å². The predicted molar refractivity (Wildman–Crippen MR) is 73.2 cm³/mol. The summed E-state index contributed by atoms with van der Waals surface area (Å²) in [5.74, 6) is 0.684. The van der Waals surface area contributed by atoms with Gasteiger partial charge >= 0.3 is 0 Å². The molecule has 0 spiro atoms. The molecule has 1 fully saturated rings. The Balaban J connectivity index is 1.91. The number of rotatable bonds is 2. The fourth-order valence-corrected chi connectivity index (χ4v) is 2.80. The van der Waals surface area contributed by atoms with Crippen molar-refractivity contribution in [2.75, 3.05) is 6.54 Å². The molecule has 1 aliphatic heterocycles. The molecule has 90 valence electrons. The molecule has 5 heteroatoms. The lowest BCUT2D eigenvalue weighted by Crippen LogP contribution is -2.37. The van der Waals surface area contributed by atoms with Gasteiger partial charge in [0, 0.05) is 10.5 Å². The number of guanidine groups is 1. The Labute approximate surface area is 114 Å². The third-order valence-electron chi connectivity index (χ3n) is 3.30. The van der Waals surface area contributed by atoms with Crippen LogP contribution >= 0.6 is 27.5 Å². The Hall–Kier alpha value is -0.740. The van der Waals surface area contributed by atoms with Crippen molar-refractivity contribution >= 4 is 33.5 Å². The van der Waals surface area contributed by atoms with Crippen LogP contribution in [0.15, 0.2) is 27.7 Å². The zero-order valence-electron chi connectivity index (χ0n) is 9.24. The van der Waals surface area contributed by atoms with Crippen molar-refractivity contribution in [1.29, 1.82) is 0 Å². The van der Waals surface area contributed by atoms with Gasteiger partial charge in [0.15, 0.2) is 5.96 Å². The highest BCUT2D eigenvalue weighted by atomic mass is 79.9. The molecule has 1 aromatic rings. The molecule has 0 saturated heterocycles. The van der Waals surface area contributed by atoms with Gasteiger partial charge in [-0.05, 0) is 46.5 Å². The molecule has 1 heterocycles. The first-order valence-electron chi connectivity index (χ1n) is 5.70. The third kappa shape index (κ3) is 2.04. The fraction of sp³-hybridized carbons (Fsp3) is 0.417. The summed E-state index contributed by atoms with van der Waals surface area (Å²) < 4.78 is 0.929. The molecule has 1 atom stereocenters. The van der Waals surface area contributed by atoms with E-state index in [1.54, 1.807) is 0 Å². The summed E-state index contributed by atoms with van der Waals surface area (Å²) in [5.41, 5.74) is 7.17. The normalized spacial score (nSPS) is 24.0. The summed E-state index contributed by atoms with van der Waals surface area (Å²) in [6, 6.07) is 6.90. The summed E-state index contributed by atoms with van der Waals surface area (Å²) in [4.78, 5) is 6.61. The number of hydrogen-bond donors (Lipinski definition) is 1. The SMILES string of the molecule is NC1=NCC(c2ccc(Cl)c(Br)c2)N1C1CC1. The average molecular weight is 315 g/mol. The van der Waals surface area contributed by atoms with Crippen LogP contribution in [0.1, 0.15) is 24.4 Å². The molecule has 17 heavy (non-hydrogen) atoms. The summed E-state index contributed by atoms with van der Waals surface area (Å²) in [5, 5.41) is 0.735. The number of halogens is 2. The van der Waals surface area contributed by atoms with Crippen LogP contribution in [0, 0.1) is 0 Å². The molecule has 0 amide bonds. The highest BCUT2D eigenvalue weighted by molar-refractivity contribution is 9.10. The van der Waals surface area contributed by atoms with Gasteiger partial charge in [0.05, 0.1) is 17.6 Å². The first-order valence-corrected chi connectivity index (χ1v) is 6.87. The van der Waals surface area contributed by atoms with Crippen molar-refractivity contribution in [3.63, 3.8) is 0 Å². The maximum absolute atomic E-state index is 6.01. The molecular weight excluding hydrogens is 302 g/mol. The number of aliphatic imine (C=N–C) groups is 1. The Bertz CT molecular complexity index is 485. The maximum atomic E-state index is 6.01. The van der Waals surface area contributed by atoms with Gasteiger partial charge in [0.25, 0.3) is 0 Å². The summed E-state index contributed by atoms with van der Waals surface area (Å²) >= 11 is 9.48. The lowest BCUT2D eigenvalue weighted by atomic mass is 10.1. The van der Waals surface area contributed by atoms with Crippen LogP contribution in [0.2, 0.25) is 5.02 Å². The van der Waals surface area contributed by atoms with Gasteiger partial charge in [-0.3, -0.25) is 4.99 Å². The van der Waals surface area contributed by atoms with Gasteiger partial charge in [0.2, 0.25) is 0 Å². The van der Waals surface area contributed by atoms with Crippen LogP contribution in [0.25, 0.3) is 0 Å². The molecule has 2 N–H and O–H groups in total. The van der Waals surface area contributed by atoms with Crippen LogP contribution in [0.3, 0.4) is 0 Å². The van der Waals surface area contributed by atoms with E-state index in [1.165, 1.54) is 18.4 Å². The molecule has 0 radical (unpaired) electrons. The lowest BCUT2D eigenvalue weighted by molar-refractivity contribution is 0.338. The standard InChI is InChI=1S/C12H13BrClN3/c13-9-5-7(1-4-10(9)14)11-6-16-12(15)17(11)8-2-3-8/h1,4-5,8,11H,2-3,6H2,(H2,15,16). The van der Waals surface area contributed by atoms with Crippen molar-refractivity contribution in [1.82, 2.24) is 4.90 Å².